The van der Waals surface area contributed by atoms with Crippen molar-refractivity contribution in [3.63, 3.8) is 0 Å². The summed E-state index contributed by atoms with van der Waals surface area (Å²) in [6.07, 6.45) is 4.68. The fourth-order valence-electron chi connectivity index (χ4n) is 3.48. The van der Waals surface area contributed by atoms with Gasteiger partial charge < -0.3 is 10.2 Å². The number of nitrogens with zero attached hydrogens (tertiary/aromatic N) is 5. The average Bonchev–Trinajstić information content (AvgIpc) is 3.29. The van der Waals surface area contributed by atoms with E-state index in [0.29, 0.717) is 12.2 Å². The number of amides is 1. The van der Waals surface area contributed by atoms with Crippen molar-refractivity contribution in [2.24, 2.45) is 0 Å². The monoisotopic (exact) mass is 364 g/mol. The maximum absolute atomic E-state index is 12.9. The number of benzene rings is 1. The van der Waals surface area contributed by atoms with Gasteiger partial charge in [0.25, 0.3) is 5.91 Å². The fraction of sp³-hybridized carbons (Fsp3) is 0.350. The first-order valence-electron chi connectivity index (χ1n) is 9.27. The van der Waals surface area contributed by atoms with Crippen LogP contribution in [-0.4, -0.2) is 44.0 Å². The summed E-state index contributed by atoms with van der Waals surface area (Å²) in [5.41, 5.74) is 2.60. The van der Waals surface area contributed by atoms with Crippen LogP contribution in [0.4, 0.5) is 0 Å². The predicted molar refractivity (Wildman–Crippen MR) is 102 cm³/mol. The van der Waals surface area contributed by atoms with Gasteiger partial charge in [-0.25, -0.2) is 0 Å². The lowest BCUT2D eigenvalue weighted by Crippen LogP contribution is -2.32. The predicted octanol–water partition coefficient (Wildman–Crippen LogP) is 2.09. The summed E-state index contributed by atoms with van der Waals surface area (Å²) < 4.78 is 3.79. The molecule has 0 fully saturated rings. The van der Waals surface area contributed by atoms with Gasteiger partial charge in [-0.1, -0.05) is 30.3 Å². The summed E-state index contributed by atoms with van der Waals surface area (Å²) in [6, 6.07) is 13.6. The van der Waals surface area contributed by atoms with E-state index in [-0.39, 0.29) is 11.9 Å². The summed E-state index contributed by atoms with van der Waals surface area (Å²) in [5, 5.41) is 12.0. The van der Waals surface area contributed by atoms with Crippen LogP contribution in [0.25, 0.3) is 0 Å². The van der Waals surface area contributed by atoms with E-state index < -0.39 is 0 Å². The Morgan fingerprint density at radius 2 is 2.07 bits per heavy atom. The third kappa shape index (κ3) is 4.09. The highest BCUT2D eigenvalue weighted by molar-refractivity contribution is 5.92. The largest absolute Gasteiger partial charge is 0.342 e. The van der Waals surface area contributed by atoms with Crippen molar-refractivity contribution in [3.8, 4) is 0 Å². The van der Waals surface area contributed by atoms with Gasteiger partial charge >= 0.3 is 0 Å². The summed E-state index contributed by atoms with van der Waals surface area (Å²) in [6.45, 7) is 3.28. The van der Waals surface area contributed by atoms with Crippen molar-refractivity contribution < 1.29 is 4.79 Å². The second kappa shape index (κ2) is 7.75. The van der Waals surface area contributed by atoms with E-state index in [0.717, 1.165) is 37.3 Å². The maximum atomic E-state index is 12.9. The first kappa shape index (κ1) is 17.5. The molecule has 1 aromatic carbocycles. The number of nitrogens with one attached hydrogen (secondary N) is 1. The highest BCUT2D eigenvalue weighted by Crippen LogP contribution is 2.17. The number of carbonyl (C=O) groups excluding carboxylic acids is 1. The van der Waals surface area contributed by atoms with Gasteiger partial charge in [-0.3, -0.25) is 14.2 Å². The second-order valence-corrected chi connectivity index (χ2v) is 7.00. The number of aryl methyl sites for hydroxylation is 1. The highest BCUT2D eigenvalue weighted by Gasteiger charge is 2.21. The molecule has 0 saturated carbocycles. The van der Waals surface area contributed by atoms with Crippen LogP contribution in [-0.2, 0) is 19.6 Å². The Morgan fingerprint density at radius 1 is 1.22 bits per heavy atom. The molecule has 1 unspecified atom stereocenters. The van der Waals surface area contributed by atoms with Gasteiger partial charge in [0.1, 0.15) is 0 Å². The SMILES string of the molecule is CN1CCCn2nc(C(=O)NC(Cn3cccn3)c3ccccc3)cc2C1. The van der Waals surface area contributed by atoms with Crippen LogP contribution < -0.4 is 5.32 Å². The molecule has 3 aromatic rings. The average molecular weight is 364 g/mol. The van der Waals surface area contributed by atoms with Gasteiger partial charge in [-0.15, -0.1) is 0 Å². The second-order valence-electron chi connectivity index (χ2n) is 7.00. The zero-order chi connectivity index (χ0) is 18.6. The number of fused-ring (bicyclic) bond motifs is 1. The topological polar surface area (TPSA) is 68.0 Å². The van der Waals surface area contributed by atoms with Crippen molar-refractivity contribution in [2.75, 3.05) is 13.6 Å². The van der Waals surface area contributed by atoms with Crippen molar-refractivity contribution in [1.82, 2.24) is 29.8 Å². The molecule has 0 radical (unpaired) electrons. The number of hydrogen-bond donors (Lipinski definition) is 1. The van der Waals surface area contributed by atoms with E-state index in [1.807, 2.05) is 58.0 Å². The summed E-state index contributed by atoms with van der Waals surface area (Å²) in [4.78, 5) is 15.2. The smallest absolute Gasteiger partial charge is 0.272 e. The Balaban J connectivity index is 1.54. The van der Waals surface area contributed by atoms with E-state index in [4.69, 9.17) is 0 Å². The van der Waals surface area contributed by atoms with E-state index in [1.165, 1.54) is 0 Å². The van der Waals surface area contributed by atoms with Crippen LogP contribution in [0.2, 0.25) is 0 Å². The van der Waals surface area contributed by atoms with Gasteiger partial charge in [0.15, 0.2) is 5.69 Å². The lowest BCUT2D eigenvalue weighted by atomic mass is 10.1. The lowest BCUT2D eigenvalue weighted by Gasteiger charge is -2.19. The first-order chi connectivity index (χ1) is 13.2. The molecule has 0 spiro atoms. The molecular weight excluding hydrogens is 340 g/mol. The third-order valence-electron chi connectivity index (χ3n) is 4.87. The van der Waals surface area contributed by atoms with Gasteiger partial charge in [0.2, 0.25) is 0 Å². The van der Waals surface area contributed by atoms with Gasteiger partial charge in [-0.05, 0) is 31.2 Å². The van der Waals surface area contributed by atoms with Crippen molar-refractivity contribution >= 4 is 5.91 Å². The summed E-state index contributed by atoms with van der Waals surface area (Å²) in [5.74, 6) is -0.153. The molecule has 3 heterocycles. The van der Waals surface area contributed by atoms with Crippen LogP contribution in [0.3, 0.4) is 0 Å². The number of rotatable bonds is 5. The van der Waals surface area contributed by atoms with Crippen molar-refractivity contribution in [2.45, 2.75) is 32.1 Å². The van der Waals surface area contributed by atoms with Gasteiger partial charge in [0.05, 0.1) is 18.3 Å². The highest BCUT2D eigenvalue weighted by atomic mass is 16.2. The first-order valence-corrected chi connectivity index (χ1v) is 9.27. The molecule has 1 aliphatic heterocycles. The number of aromatic nitrogens is 4. The molecule has 27 heavy (non-hydrogen) atoms. The van der Waals surface area contributed by atoms with Crippen LogP contribution in [0.5, 0.6) is 0 Å². The zero-order valence-corrected chi connectivity index (χ0v) is 15.5. The molecule has 140 valence electrons. The van der Waals surface area contributed by atoms with Crippen LogP contribution in [0.15, 0.2) is 54.9 Å². The van der Waals surface area contributed by atoms with Crippen LogP contribution in [0, 0.1) is 0 Å². The molecule has 4 rings (SSSR count). The van der Waals surface area contributed by atoms with Crippen molar-refractivity contribution in [1.29, 1.82) is 0 Å². The minimum atomic E-state index is -0.178. The molecule has 7 heteroatoms. The van der Waals surface area contributed by atoms with E-state index >= 15 is 0 Å². The minimum absolute atomic E-state index is 0.153. The molecule has 1 N–H and O–H groups in total. The zero-order valence-electron chi connectivity index (χ0n) is 15.5. The quantitative estimate of drug-likeness (QED) is 0.753. The lowest BCUT2D eigenvalue weighted by molar-refractivity contribution is 0.0926. The fourth-order valence-corrected chi connectivity index (χ4v) is 3.48. The molecule has 0 saturated heterocycles. The molecule has 0 aliphatic carbocycles. The minimum Gasteiger partial charge on any atom is -0.342 e. The number of carbonyl (C=O) groups is 1. The standard InChI is InChI=1S/C20H24N6O/c1-24-10-6-12-26-17(14-24)13-18(23-26)20(27)22-19(15-25-11-5-9-21-25)16-7-3-2-4-8-16/h2-5,7-9,11,13,19H,6,10,12,14-15H2,1H3,(H,22,27). The van der Waals surface area contributed by atoms with Gasteiger partial charge in [-0.2, -0.15) is 10.2 Å². The molecule has 7 nitrogen and oxygen atoms in total. The molecule has 0 bridgehead atoms. The van der Waals surface area contributed by atoms with E-state index in [2.05, 4.69) is 27.5 Å². The van der Waals surface area contributed by atoms with Crippen LogP contribution >= 0.6 is 0 Å². The van der Waals surface area contributed by atoms with Crippen molar-refractivity contribution in [3.05, 3.63) is 71.8 Å². The Kier molecular flexibility index (Phi) is 5.02. The Labute approximate surface area is 158 Å². The van der Waals surface area contributed by atoms with Crippen LogP contribution in [0.1, 0.15) is 34.2 Å². The Bertz CT molecular complexity index is 887. The third-order valence-corrected chi connectivity index (χ3v) is 4.87. The molecule has 2 aromatic heterocycles. The Morgan fingerprint density at radius 3 is 2.85 bits per heavy atom. The Hall–Kier alpha value is -2.93. The normalized spacial score (nSPS) is 15.7. The van der Waals surface area contributed by atoms with E-state index in [9.17, 15) is 4.79 Å². The molecule has 1 aliphatic rings. The summed E-state index contributed by atoms with van der Waals surface area (Å²) >= 11 is 0. The summed E-state index contributed by atoms with van der Waals surface area (Å²) in [7, 11) is 2.10. The molecular formula is C20H24N6O. The molecule has 1 atom stereocenters. The maximum Gasteiger partial charge on any atom is 0.272 e. The van der Waals surface area contributed by atoms with Gasteiger partial charge in [0, 0.05) is 32.0 Å². The van der Waals surface area contributed by atoms with E-state index in [1.54, 1.807) is 6.20 Å². The number of hydrogen-bond acceptors (Lipinski definition) is 4. The molecule has 1 amide bonds.